The van der Waals surface area contributed by atoms with Gasteiger partial charge in [0.1, 0.15) is 0 Å². The van der Waals surface area contributed by atoms with Gasteiger partial charge < -0.3 is 15.4 Å². The first-order valence-corrected chi connectivity index (χ1v) is 7.37. The molecule has 6 nitrogen and oxygen atoms in total. The van der Waals surface area contributed by atoms with E-state index in [0.717, 1.165) is 12.1 Å². The Labute approximate surface area is 144 Å². The summed E-state index contributed by atoms with van der Waals surface area (Å²) in [6.45, 7) is 0.582. The maximum Gasteiger partial charge on any atom is 0.422 e. The highest BCUT2D eigenvalue weighted by molar-refractivity contribution is 6.02. The van der Waals surface area contributed by atoms with Gasteiger partial charge in [0.05, 0.1) is 5.56 Å². The highest BCUT2D eigenvalue weighted by Gasteiger charge is 2.31. The number of anilines is 1. The average molecular weight is 383 g/mol. The van der Waals surface area contributed by atoms with Gasteiger partial charge in [-0.05, 0) is 24.7 Å². The molecular formula is C14H15F6N5O. The van der Waals surface area contributed by atoms with Crippen LogP contribution in [0.2, 0.25) is 0 Å². The minimum atomic E-state index is -4.57. The largest absolute Gasteiger partial charge is 0.455 e. The quantitative estimate of drug-likeness (QED) is 0.700. The molecule has 12 heteroatoms. The Bertz CT molecular complexity index is 685. The third kappa shape index (κ3) is 6.10. The van der Waals surface area contributed by atoms with Crippen molar-refractivity contribution < 1.29 is 31.1 Å². The second-order valence-corrected chi connectivity index (χ2v) is 5.08. The van der Waals surface area contributed by atoms with E-state index in [-0.39, 0.29) is 11.6 Å². The lowest BCUT2D eigenvalue weighted by atomic mass is 10.2. The maximum atomic E-state index is 12.8. The molecular weight excluding hydrogens is 368 g/mol. The minimum absolute atomic E-state index is 0.0228. The molecule has 0 radical (unpaired) electrons. The zero-order chi connectivity index (χ0) is 19.4. The molecule has 1 aromatic rings. The first kappa shape index (κ1) is 19.8. The molecule has 144 valence electrons. The molecule has 0 aliphatic carbocycles. The molecule has 1 aliphatic rings. The number of hydrogen-bond donors (Lipinski definition) is 3. The molecule has 26 heavy (non-hydrogen) atoms. The monoisotopic (exact) mass is 383 g/mol. The molecule has 0 saturated heterocycles. The molecule has 0 spiro atoms. The minimum Gasteiger partial charge on any atom is -0.455 e. The number of amidine groups is 1. The van der Waals surface area contributed by atoms with Gasteiger partial charge in [0, 0.05) is 5.69 Å². The summed E-state index contributed by atoms with van der Waals surface area (Å²) in [5.74, 6) is -0.203. The molecule has 1 atom stereocenters. The Morgan fingerprint density at radius 2 is 1.92 bits per heavy atom. The van der Waals surface area contributed by atoms with Crippen molar-refractivity contribution in [2.45, 2.75) is 25.6 Å². The van der Waals surface area contributed by atoms with E-state index >= 15 is 0 Å². The highest BCUT2D eigenvalue weighted by Crippen LogP contribution is 2.30. The van der Waals surface area contributed by atoms with E-state index in [2.05, 4.69) is 30.7 Å². The van der Waals surface area contributed by atoms with Gasteiger partial charge in [0.2, 0.25) is 5.96 Å². The van der Waals surface area contributed by atoms with Crippen LogP contribution < -0.4 is 16.0 Å². The molecule has 3 N–H and O–H groups in total. The number of rotatable bonds is 4. The van der Waals surface area contributed by atoms with Crippen LogP contribution in [0.4, 0.5) is 32.0 Å². The van der Waals surface area contributed by atoms with Crippen molar-refractivity contribution in [3.05, 3.63) is 29.8 Å². The van der Waals surface area contributed by atoms with E-state index in [9.17, 15) is 26.3 Å². The molecule has 0 bridgehead atoms. The lowest BCUT2D eigenvalue weighted by Crippen LogP contribution is -2.49. The SMILES string of the molecule is CCNC1N=C(Nc2cccc(C(F)(F)F)c2)N=C(OCC(F)(F)F)N1. The van der Waals surface area contributed by atoms with E-state index in [1.165, 1.54) is 12.1 Å². The summed E-state index contributed by atoms with van der Waals surface area (Å²) in [6, 6.07) is 3.78. The Kier molecular flexibility index (Phi) is 5.95. The topological polar surface area (TPSA) is 70.0 Å². The van der Waals surface area contributed by atoms with Gasteiger partial charge >= 0.3 is 12.4 Å². The smallest absolute Gasteiger partial charge is 0.422 e. The number of nitrogens with zero attached hydrogens (tertiary/aromatic N) is 2. The molecule has 0 aromatic heterocycles. The highest BCUT2D eigenvalue weighted by atomic mass is 19.4. The van der Waals surface area contributed by atoms with Gasteiger partial charge in [-0.1, -0.05) is 13.0 Å². The fraction of sp³-hybridized carbons (Fsp3) is 0.429. The summed E-state index contributed by atoms with van der Waals surface area (Å²) in [5, 5.41) is 7.82. The lowest BCUT2D eigenvalue weighted by molar-refractivity contribution is -0.157. The average Bonchev–Trinajstić information content (AvgIpc) is 2.52. The second-order valence-electron chi connectivity index (χ2n) is 5.08. The number of benzene rings is 1. The normalized spacial score (nSPS) is 17.9. The second kappa shape index (κ2) is 7.81. The number of alkyl halides is 6. The zero-order valence-electron chi connectivity index (χ0n) is 13.4. The molecule has 2 rings (SSSR count). The van der Waals surface area contributed by atoms with E-state index < -0.39 is 36.8 Å². The Balaban J connectivity index is 2.17. The Hall–Kier alpha value is -2.50. The lowest BCUT2D eigenvalue weighted by Gasteiger charge is -2.23. The van der Waals surface area contributed by atoms with Gasteiger partial charge in [-0.15, -0.1) is 0 Å². The fourth-order valence-electron chi connectivity index (χ4n) is 1.91. The van der Waals surface area contributed by atoms with Gasteiger partial charge in [-0.2, -0.15) is 31.3 Å². The standard InChI is InChI=1S/C14H15F6N5O/c1-2-21-10-23-11(25-12(24-10)26-7-13(15,16)17)22-9-5-3-4-8(6-9)14(18,19)20/h3-6,10,21H,2,7H2,1H3,(H2,22,23,24,25). The molecule has 1 aliphatic heterocycles. The number of halogens is 6. The number of guanidine groups is 1. The van der Waals surface area contributed by atoms with Crippen LogP contribution in [0.15, 0.2) is 34.3 Å². The Morgan fingerprint density at radius 3 is 2.54 bits per heavy atom. The molecule has 0 amide bonds. The van der Waals surface area contributed by atoms with Crippen LogP contribution in [-0.4, -0.2) is 37.6 Å². The van der Waals surface area contributed by atoms with Crippen molar-refractivity contribution in [2.24, 2.45) is 9.98 Å². The zero-order valence-corrected chi connectivity index (χ0v) is 13.4. The summed E-state index contributed by atoms with van der Waals surface area (Å²) < 4.78 is 79.6. The first-order chi connectivity index (χ1) is 12.1. The first-order valence-electron chi connectivity index (χ1n) is 7.37. The van der Waals surface area contributed by atoms with Crippen molar-refractivity contribution in [1.29, 1.82) is 0 Å². The van der Waals surface area contributed by atoms with Crippen LogP contribution in [0, 0.1) is 0 Å². The van der Waals surface area contributed by atoms with Crippen LogP contribution in [0.5, 0.6) is 0 Å². The number of nitrogens with one attached hydrogen (secondary N) is 3. The van der Waals surface area contributed by atoms with Crippen LogP contribution in [-0.2, 0) is 10.9 Å². The van der Waals surface area contributed by atoms with Crippen LogP contribution in [0.3, 0.4) is 0 Å². The maximum absolute atomic E-state index is 12.8. The number of aliphatic imine (C=N–C) groups is 2. The molecule has 0 fully saturated rings. The fourth-order valence-corrected chi connectivity index (χ4v) is 1.91. The van der Waals surface area contributed by atoms with Crippen LogP contribution >= 0.6 is 0 Å². The summed E-state index contributed by atoms with van der Waals surface area (Å²) in [6.07, 6.45) is -9.96. The third-order valence-corrected chi connectivity index (χ3v) is 2.94. The predicted molar refractivity (Wildman–Crippen MR) is 82.5 cm³/mol. The molecule has 0 saturated carbocycles. The van der Waals surface area contributed by atoms with Crippen molar-refractivity contribution in [3.8, 4) is 0 Å². The molecule has 1 aromatic carbocycles. The van der Waals surface area contributed by atoms with Crippen molar-refractivity contribution in [3.63, 3.8) is 0 Å². The Morgan fingerprint density at radius 1 is 1.19 bits per heavy atom. The van der Waals surface area contributed by atoms with Crippen LogP contribution in [0.25, 0.3) is 0 Å². The number of hydrogen-bond acceptors (Lipinski definition) is 6. The van der Waals surface area contributed by atoms with Gasteiger partial charge in [-0.3, -0.25) is 5.32 Å². The van der Waals surface area contributed by atoms with Gasteiger partial charge in [0.15, 0.2) is 12.9 Å². The summed E-state index contributed by atoms with van der Waals surface area (Å²) >= 11 is 0. The van der Waals surface area contributed by atoms with Crippen molar-refractivity contribution >= 4 is 17.7 Å². The van der Waals surface area contributed by atoms with Gasteiger partial charge in [-0.25, -0.2) is 4.99 Å². The van der Waals surface area contributed by atoms with Crippen molar-refractivity contribution in [2.75, 3.05) is 18.5 Å². The van der Waals surface area contributed by atoms with E-state index in [1.54, 1.807) is 6.92 Å². The third-order valence-electron chi connectivity index (χ3n) is 2.94. The molecule has 1 heterocycles. The van der Waals surface area contributed by atoms with E-state index in [0.29, 0.717) is 6.54 Å². The number of ether oxygens (including phenoxy) is 1. The predicted octanol–water partition coefficient (Wildman–Crippen LogP) is 2.90. The molecule has 1 unspecified atom stereocenters. The van der Waals surface area contributed by atoms with E-state index in [4.69, 9.17) is 0 Å². The summed E-state index contributed by atoms with van der Waals surface area (Å²) in [4.78, 5) is 7.71. The van der Waals surface area contributed by atoms with Crippen LogP contribution in [0.1, 0.15) is 12.5 Å². The van der Waals surface area contributed by atoms with E-state index in [1.807, 2.05) is 0 Å². The summed E-state index contributed by atoms with van der Waals surface area (Å²) in [5.41, 5.74) is -0.868. The van der Waals surface area contributed by atoms with Gasteiger partial charge in [0.25, 0.3) is 6.02 Å². The van der Waals surface area contributed by atoms with Crippen molar-refractivity contribution in [1.82, 2.24) is 10.6 Å². The summed E-state index contributed by atoms with van der Waals surface area (Å²) in [7, 11) is 0.